The van der Waals surface area contributed by atoms with Crippen LogP contribution in [0.15, 0.2) is 42.5 Å². The van der Waals surface area contributed by atoms with E-state index in [1.165, 1.54) is 11.1 Å². The van der Waals surface area contributed by atoms with Crippen molar-refractivity contribution in [1.29, 1.82) is 0 Å². The Morgan fingerprint density at radius 3 is 2.35 bits per heavy atom. The molecule has 1 N–H and O–H groups in total. The molecule has 0 saturated carbocycles. The molecule has 1 heterocycles. The first-order valence-corrected chi connectivity index (χ1v) is 12.0. The Labute approximate surface area is 200 Å². The maximum absolute atomic E-state index is 12.6. The number of likely N-dealkylation sites (tertiary alicyclic amines) is 1. The van der Waals surface area contributed by atoms with Gasteiger partial charge in [0, 0.05) is 17.8 Å². The number of esters is 1. The van der Waals surface area contributed by atoms with Crippen molar-refractivity contribution in [3.05, 3.63) is 59.2 Å². The van der Waals surface area contributed by atoms with Crippen molar-refractivity contribution in [2.75, 3.05) is 18.5 Å². The highest BCUT2D eigenvalue weighted by molar-refractivity contribution is 5.95. The fourth-order valence-corrected chi connectivity index (χ4v) is 4.88. The molecule has 1 aliphatic heterocycles. The number of aryl methyl sites for hydroxylation is 2. The van der Waals surface area contributed by atoms with Gasteiger partial charge in [0.05, 0.1) is 5.56 Å². The van der Waals surface area contributed by atoms with Crippen molar-refractivity contribution in [3.63, 3.8) is 0 Å². The van der Waals surface area contributed by atoms with Crippen LogP contribution in [0.1, 0.15) is 61.0 Å². The van der Waals surface area contributed by atoms with E-state index in [0.29, 0.717) is 17.0 Å². The van der Waals surface area contributed by atoms with Crippen molar-refractivity contribution >= 4 is 23.5 Å². The highest BCUT2D eigenvalue weighted by Crippen LogP contribution is 2.25. The number of nitrogens with zero attached hydrogens (tertiary/aromatic N) is 1. The van der Waals surface area contributed by atoms with Crippen LogP contribution >= 0.6 is 0 Å². The Balaban J connectivity index is 1.22. The Kier molecular flexibility index (Phi) is 7.50. The number of rotatable bonds is 7. The third kappa shape index (κ3) is 5.76. The maximum atomic E-state index is 12.6. The molecule has 2 aromatic rings. The minimum atomic E-state index is -0.595. The lowest BCUT2D eigenvalue weighted by Crippen LogP contribution is -2.49. The van der Waals surface area contributed by atoms with E-state index in [4.69, 9.17) is 9.47 Å². The number of amides is 2. The summed E-state index contributed by atoms with van der Waals surface area (Å²) in [5.41, 5.74) is 3.61. The molecule has 2 aliphatic rings. The first kappa shape index (κ1) is 23.8. The molecule has 1 aliphatic carbocycles. The molecule has 2 aromatic carbocycles. The fourth-order valence-electron chi connectivity index (χ4n) is 4.88. The molecule has 7 nitrogen and oxygen atoms in total. The smallest absolute Gasteiger partial charge is 0.338 e. The molecule has 34 heavy (non-hydrogen) atoms. The van der Waals surface area contributed by atoms with Crippen molar-refractivity contribution in [2.45, 2.75) is 64.5 Å². The molecule has 0 aromatic heterocycles. The number of benzene rings is 2. The Bertz CT molecular complexity index is 1040. The van der Waals surface area contributed by atoms with Crippen LogP contribution in [-0.2, 0) is 27.2 Å². The molecule has 0 radical (unpaired) electrons. The van der Waals surface area contributed by atoms with Crippen molar-refractivity contribution in [1.82, 2.24) is 4.90 Å². The van der Waals surface area contributed by atoms with Crippen molar-refractivity contribution in [3.8, 4) is 5.75 Å². The number of piperidine rings is 1. The summed E-state index contributed by atoms with van der Waals surface area (Å²) >= 11 is 0. The van der Waals surface area contributed by atoms with Crippen LogP contribution in [0, 0.1) is 0 Å². The molecule has 4 rings (SSSR count). The molecule has 7 heteroatoms. The molecule has 1 saturated heterocycles. The summed E-state index contributed by atoms with van der Waals surface area (Å²) in [6.07, 6.45) is 6.41. The average Bonchev–Trinajstić information content (AvgIpc) is 3.29. The van der Waals surface area contributed by atoms with Gasteiger partial charge in [-0.05, 0) is 99.9 Å². The van der Waals surface area contributed by atoms with E-state index in [0.717, 1.165) is 38.5 Å². The lowest BCUT2D eigenvalue weighted by molar-refractivity contribution is -0.139. The molecular formula is C27H32N2O5. The molecule has 2 atom stereocenters. The number of carbonyl (C=O) groups is 3. The summed E-state index contributed by atoms with van der Waals surface area (Å²) in [5, 5.41) is 2.78. The fraction of sp³-hybridized carbons (Fsp3) is 0.444. The van der Waals surface area contributed by atoms with Gasteiger partial charge in [0.2, 0.25) is 0 Å². The summed E-state index contributed by atoms with van der Waals surface area (Å²) in [5.74, 6) is -0.511. The first-order valence-electron chi connectivity index (χ1n) is 12.0. The standard InChI is InChI=1S/C27H32N2O5/c1-18-5-3-6-19(2)29(18)26(31)17-33-24-13-10-21(11-14-24)27(32)34-16-25(30)28-23-12-9-20-7-4-8-22(20)15-23/h9-15,18-19H,3-8,16-17H2,1-2H3,(H,28,30)/t18-,19-/m1/s1. The van der Waals surface area contributed by atoms with Crippen LogP contribution in [0.25, 0.3) is 0 Å². The van der Waals surface area contributed by atoms with E-state index < -0.39 is 5.97 Å². The Morgan fingerprint density at radius 1 is 0.912 bits per heavy atom. The van der Waals surface area contributed by atoms with Gasteiger partial charge in [-0.15, -0.1) is 0 Å². The number of nitrogens with one attached hydrogen (secondary N) is 1. The zero-order chi connectivity index (χ0) is 24.1. The monoisotopic (exact) mass is 464 g/mol. The SMILES string of the molecule is C[C@@H]1CCC[C@@H](C)N1C(=O)COc1ccc(C(=O)OCC(=O)Nc2ccc3c(c2)CCC3)cc1. The molecule has 1 fully saturated rings. The highest BCUT2D eigenvalue weighted by Gasteiger charge is 2.29. The topological polar surface area (TPSA) is 84.9 Å². The molecule has 2 amide bonds. The van der Waals surface area contributed by atoms with Crippen LogP contribution in [0.4, 0.5) is 5.69 Å². The van der Waals surface area contributed by atoms with E-state index in [-0.39, 0.29) is 37.1 Å². The van der Waals surface area contributed by atoms with Gasteiger partial charge >= 0.3 is 5.97 Å². The predicted octanol–water partition coefficient (Wildman–Crippen LogP) is 4.14. The molecule has 0 spiro atoms. The summed E-state index contributed by atoms with van der Waals surface area (Å²) in [6.45, 7) is 3.73. The largest absolute Gasteiger partial charge is 0.484 e. The van der Waals surface area contributed by atoms with Gasteiger partial charge in [-0.1, -0.05) is 6.07 Å². The molecular weight excluding hydrogens is 432 g/mol. The number of carbonyl (C=O) groups excluding carboxylic acids is 3. The van der Waals surface area contributed by atoms with Gasteiger partial charge in [0.15, 0.2) is 13.2 Å². The van der Waals surface area contributed by atoms with Crippen LogP contribution < -0.4 is 10.1 Å². The minimum Gasteiger partial charge on any atom is -0.484 e. The van der Waals surface area contributed by atoms with Crippen LogP contribution in [0.2, 0.25) is 0 Å². The number of fused-ring (bicyclic) bond motifs is 1. The van der Waals surface area contributed by atoms with E-state index >= 15 is 0 Å². The van der Waals surface area contributed by atoms with Crippen LogP contribution in [0.3, 0.4) is 0 Å². The van der Waals surface area contributed by atoms with Crippen LogP contribution in [0.5, 0.6) is 5.75 Å². The van der Waals surface area contributed by atoms with Gasteiger partial charge in [-0.3, -0.25) is 9.59 Å². The maximum Gasteiger partial charge on any atom is 0.338 e. The Hall–Kier alpha value is -3.35. The third-order valence-corrected chi connectivity index (χ3v) is 6.65. The molecule has 0 unspecified atom stereocenters. The second-order valence-corrected chi connectivity index (χ2v) is 9.20. The van der Waals surface area contributed by atoms with Gasteiger partial charge in [0.1, 0.15) is 5.75 Å². The van der Waals surface area contributed by atoms with E-state index in [2.05, 4.69) is 19.2 Å². The number of hydrogen-bond acceptors (Lipinski definition) is 5. The number of hydrogen-bond donors (Lipinski definition) is 1. The summed E-state index contributed by atoms with van der Waals surface area (Å²) in [7, 11) is 0. The third-order valence-electron chi connectivity index (χ3n) is 6.65. The second-order valence-electron chi connectivity index (χ2n) is 9.20. The zero-order valence-electron chi connectivity index (χ0n) is 19.8. The summed E-state index contributed by atoms with van der Waals surface area (Å²) in [6, 6.07) is 12.7. The summed E-state index contributed by atoms with van der Waals surface area (Å²) < 4.78 is 10.8. The van der Waals surface area contributed by atoms with Gasteiger partial charge in [-0.2, -0.15) is 0 Å². The normalized spacial score (nSPS) is 19.3. The summed E-state index contributed by atoms with van der Waals surface area (Å²) in [4.78, 5) is 39.0. The van der Waals surface area contributed by atoms with E-state index in [1.807, 2.05) is 23.1 Å². The van der Waals surface area contributed by atoms with Crippen molar-refractivity contribution in [2.24, 2.45) is 0 Å². The van der Waals surface area contributed by atoms with E-state index in [1.54, 1.807) is 24.3 Å². The minimum absolute atomic E-state index is 0.0300. The first-order chi connectivity index (χ1) is 16.4. The lowest BCUT2D eigenvalue weighted by atomic mass is 9.97. The van der Waals surface area contributed by atoms with Gasteiger partial charge in [0.25, 0.3) is 11.8 Å². The second kappa shape index (κ2) is 10.7. The highest BCUT2D eigenvalue weighted by atomic mass is 16.5. The number of anilines is 1. The number of ether oxygens (including phenoxy) is 2. The predicted molar refractivity (Wildman–Crippen MR) is 129 cm³/mol. The van der Waals surface area contributed by atoms with Crippen molar-refractivity contribution < 1.29 is 23.9 Å². The van der Waals surface area contributed by atoms with Gasteiger partial charge < -0.3 is 19.7 Å². The van der Waals surface area contributed by atoms with Gasteiger partial charge in [-0.25, -0.2) is 4.79 Å². The van der Waals surface area contributed by atoms with Crippen LogP contribution in [-0.4, -0.2) is 48.0 Å². The lowest BCUT2D eigenvalue weighted by Gasteiger charge is -2.38. The molecule has 0 bridgehead atoms. The average molecular weight is 465 g/mol. The quantitative estimate of drug-likeness (QED) is 0.623. The Morgan fingerprint density at radius 2 is 1.62 bits per heavy atom. The van der Waals surface area contributed by atoms with E-state index in [9.17, 15) is 14.4 Å². The zero-order valence-corrected chi connectivity index (χ0v) is 19.8. The molecule has 180 valence electrons.